The van der Waals surface area contributed by atoms with E-state index in [0.717, 1.165) is 0 Å². The predicted molar refractivity (Wildman–Crippen MR) is 91.8 cm³/mol. The number of nitro groups is 1. The van der Waals surface area contributed by atoms with E-state index < -0.39 is 27.8 Å². The molecule has 0 amide bonds. The van der Waals surface area contributed by atoms with Crippen molar-refractivity contribution in [2.24, 2.45) is 0 Å². The molecular weight excluding hydrogens is 346 g/mol. The highest BCUT2D eigenvalue weighted by Crippen LogP contribution is 2.16. The van der Waals surface area contributed by atoms with E-state index in [-0.39, 0.29) is 18.9 Å². The van der Waals surface area contributed by atoms with Crippen LogP contribution in [0.2, 0.25) is 0 Å². The monoisotopic (exact) mass is 361 g/mol. The van der Waals surface area contributed by atoms with Crippen LogP contribution < -0.4 is 16.0 Å². The highest BCUT2D eigenvalue weighted by Gasteiger charge is 2.18. The number of aromatic amines is 2. The topological polar surface area (TPSA) is 144 Å². The molecule has 0 saturated carbocycles. The highest BCUT2D eigenvalue weighted by molar-refractivity contribution is 5.72. The lowest BCUT2D eigenvalue weighted by atomic mass is 10.2. The Bertz CT molecular complexity index is 942. The van der Waals surface area contributed by atoms with Crippen LogP contribution in [0.5, 0.6) is 5.75 Å². The molecule has 0 fully saturated rings. The quantitative estimate of drug-likeness (QED) is 0.426. The summed E-state index contributed by atoms with van der Waals surface area (Å²) in [6.07, 6.45) is 2.73. The van der Waals surface area contributed by atoms with Crippen LogP contribution in [0.4, 0.5) is 5.69 Å². The normalized spacial score (nSPS) is 10.7. The summed E-state index contributed by atoms with van der Waals surface area (Å²) in [5.74, 6) is -0.0484. The molecule has 1 heterocycles. The van der Waals surface area contributed by atoms with Gasteiger partial charge in [-0.2, -0.15) is 0 Å². The molecule has 2 N–H and O–H groups in total. The van der Waals surface area contributed by atoms with E-state index >= 15 is 0 Å². The van der Waals surface area contributed by atoms with Crippen LogP contribution in [0.25, 0.3) is 12.2 Å². The van der Waals surface area contributed by atoms with Gasteiger partial charge in [0.05, 0.1) is 11.5 Å². The van der Waals surface area contributed by atoms with Gasteiger partial charge in [-0.1, -0.05) is 18.2 Å². The highest BCUT2D eigenvalue weighted by atomic mass is 16.6. The van der Waals surface area contributed by atoms with Crippen molar-refractivity contribution in [3.8, 4) is 5.75 Å². The Morgan fingerprint density at radius 2 is 1.88 bits per heavy atom. The van der Waals surface area contributed by atoms with Crippen molar-refractivity contribution in [3.05, 3.63) is 66.5 Å². The lowest BCUT2D eigenvalue weighted by Crippen LogP contribution is -2.25. The van der Waals surface area contributed by atoms with E-state index in [2.05, 4.69) is 4.98 Å². The van der Waals surface area contributed by atoms with E-state index in [1.54, 1.807) is 36.2 Å². The first-order valence-corrected chi connectivity index (χ1v) is 7.48. The van der Waals surface area contributed by atoms with Gasteiger partial charge in [-0.05, 0) is 30.7 Å². The molecule has 0 bridgehead atoms. The Kier molecular flexibility index (Phi) is 6.04. The molecule has 10 heteroatoms. The van der Waals surface area contributed by atoms with Gasteiger partial charge in [0.15, 0.2) is 6.61 Å². The Morgan fingerprint density at radius 3 is 2.50 bits per heavy atom. The van der Waals surface area contributed by atoms with Crippen LogP contribution in [0.15, 0.2) is 33.9 Å². The lowest BCUT2D eigenvalue weighted by molar-refractivity contribution is -0.386. The number of esters is 1. The van der Waals surface area contributed by atoms with Crippen molar-refractivity contribution in [3.63, 3.8) is 0 Å². The van der Waals surface area contributed by atoms with Gasteiger partial charge < -0.3 is 14.5 Å². The van der Waals surface area contributed by atoms with E-state index in [9.17, 15) is 24.5 Å². The fraction of sp³-hybridized carbons (Fsp3) is 0.188. The zero-order valence-corrected chi connectivity index (χ0v) is 13.7. The number of carbonyl (C=O) groups is 1. The summed E-state index contributed by atoms with van der Waals surface area (Å²) in [4.78, 5) is 48.1. The molecule has 0 spiro atoms. The Hall–Kier alpha value is -3.69. The molecule has 26 heavy (non-hydrogen) atoms. The molecule has 0 atom stereocenters. The number of rotatable bonds is 7. The van der Waals surface area contributed by atoms with E-state index in [4.69, 9.17) is 9.47 Å². The second kappa shape index (κ2) is 8.42. The lowest BCUT2D eigenvalue weighted by Gasteiger charge is -2.05. The Morgan fingerprint density at radius 1 is 1.19 bits per heavy atom. The van der Waals surface area contributed by atoms with Gasteiger partial charge in [-0.15, -0.1) is 0 Å². The van der Waals surface area contributed by atoms with Crippen molar-refractivity contribution in [1.29, 1.82) is 0 Å². The van der Waals surface area contributed by atoms with Crippen molar-refractivity contribution >= 4 is 23.8 Å². The third kappa shape index (κ3) is 4.90. The summed E-state index contributed by atoms with van der Waals surface area (Å²) in [5, 5.41) is 11.0. The van der Waals surface area contributed by atoms with Crippen molar-refractivity contribution in [2.45, 2.75) is 6.92 Å². The number of H-pyrrole nitrogens is 2. The molecule has 1 aromatic heterocycles. The smallest absolute Gasteiger partial charge is 0.357 e. The zero-order valence-electron chi connectivity index (χ0n) is 13.7. The number of hydrogen-bond donors (Lipinski definition) is 2. The molecule has 2 rings (SSSR count). The minimum absolute atomic E-state index is 0.216. The average molecular weight is 361 g/mol. The van der Waals surface area contributed by atoms with Crippen LogP contribution in [-0.2, 0) is 9.53 Å². The molecule has 0 saturated heterocycles. The van der Waals surface area contributed by atoms with Crippen LogP contribution in [-0.4, -0.2) is 34.1 Å². The molecule has 1 aromatic carbocycles. The Balaban J connectivity index is 2.14. The van der Waals surface area contributed by atoms with Crippen LogP contribution in [0.1, 0.15) is 18.2 Å². The zero-order chi connectivity index (χ0) is 19.1. The number of nitrogens with one attached hydrogen (secondary N) is 2. The van der Waals surface area contributed by atoms with Crippen LogP contribution >= 0.6 is 0 Å². The molecule has 0 radical (unpaired) electrons. The molecular formula is C16H15N3O7. The number of ether oxygens (including phenoxy) is 2. The summed E-state index contributed by atoms with van der Waals surface area (Å²) < 4.78 is 9.98. The van der Waals surface area contributed by atoms with E-state index in [1.807, 2.05) is 0 Å². The summed E-state index contributed by atoms with van der Waals surface area (Å²) >= 11 is 0. The summed E-state index contributed by atoms with van der Waals surface area (Å²) in [5.41, 5.74) is -2.27. The molecule has 0 aliphatic heterocycles. The van der Waals surface area contributed by atoms with Crippen LogP contribution in [0, 0.1) is 10.1 Å². The van der Waals surface area contributed by atoms with E-state index in [0.29, 0.717) is 11.3 Å². The molecule has 136 valence electrons. The van der Waals surface area contributed by atoms with Crippen molar-refractivity contribution in [2.75, 3.05) is 13.2 Å². The standard InChI is InChI=1S/C16H15N3O7/c1-2-25-13(20)9-26-11-6-3-10(4-7-11)5-8-12-14(19(23)24)15(21)18-16(22)17-12/h3-8H,2,9H2,1H3,(H2,17,18,21,22). The fourth-order valence-electron chi connectivity index (χ4n) is 2.00. The van der Waals surface area contributed by atoms with E-state index in [1.165, 1.54) is 12.2 Å². The summed E-state index contributed by atoms with van der Waals surface area (Å²) in [6.45, 7) is 1.74. The summed E-state index contributed by atoms with van der Waals surface area (Å²) in [6, 6.07) is 6.45. The average Bonchev–Trinajstić information content (AvgIpc) is 2.58. The SMILES string of the molecule is CCOC(=O)COc1ccc(C=Cc2[nH]c(=O)[nH]c(=O)c2[N+](=O)[O-])cc1. The molecule has 10 nitrogen and oxygen atoms in total. The Labute approximate surface area is 146 Å². The third-order valence-electron chi connectivity index (χ3n) is 3.11. The maximum atomic E-state index is 11.5. The maximum Gasteiger partial charge on any atom is 0.357 e. The molecule has 0 unspecified atom stereocenters. The van der Waals surface area contributed by atoms with Crippen molar-refractivity contribution in [1.82, 2.24) is 9.97 Å². The maximum absolute atomic E-state index is 11.5. The molecule has 0 aliphatic rings. The first-order valence-electron chi connectivity index (χ1n) is 7.48. The van der Waals surface area contributed by atoms with Gasteiger partial charge in [0, 0.05) is 0 Å². The van der Waals surface area contributed by atoms with Crippen molar-refractivity contribution < 1.29 is 19.2 Å². The van der Waals surface area contributed by atoms with Gasteiger partial charge in [0.2, 0.25) is 0 Å². The first-order chi connectivity index (χ1) is 12.4. The van der Waals surface area contributed by atoms with Gasteiger partial charge in [-0.3, -0.25) is 19.9 Å². The fourth-order valence-corrected chi connectivity index (χ4v) is 2.00. The first kappa shape index (κ1) is 18.6. The van der Waals surface area contributed by atoms with Crippen LogP contribution in [0.3, 0.4) is 0 Å². The number of carbonyl (C=O) groups excluding carboxylic acids is 1. The molecule has 2 aromatic rings. The van der Waals surface area contributed by atoms with Gasteiger partial charge in [0.25, 0.3) is 0 Å². The second-order valence-corrected chi connectivity index (χ2v) is 4.92. The molecule has 0 aliphatic carbocycles. The number of aromatic nitrogens is 2. The number of nitrogens with zero attached hydrogens (tertiary/aromatic N) is 1. The van der Waals surface area contributed by atoms with Gasteiger partial charge in [-0.25, -0.2) is 9.59 Å². The number of benzene rings is 1. The summed E-state index contributed by atoms with van der Waals surface area (Å²) in [7, 11) is 0. The predicted octanol–water partition coefficient (Wildman–Crippen LogP) is 1.08. The minimum atomic E-state index is -1.08. The van der Waals surface area contributed by atoms with Gasteiger partial charge >= 0.3 is 22.9 Å². The second-order valence-electron chi connectivity index (χ2n) is 4.92. The third-order valence-corrected chi connectivity index (χ3v) is 3.11. The largest absolute Gasteiger partial charge is 0.482 e. The van der Waals surface area contributed by atoms with Gasteiger partial charge in [0.1, 0.15) is 11.4 Å². The minimum Gasteiger partial charge on any atom is -0.482 e. The number of hydrogen-bond acceptors (Lipinski definition) is 7.